The fourth-order valence-corrected chi connectivity index (χ4v) is 9.25. The molecule has 166 valence electrons. The van der Waals surface area contributed by atoms with Gasteiger partial charge in [0, 0.05) is 16.9 Å². The molecule has 3 heteroatoms. The van der Waals surface area contributed by atoms with Crippen molar-refractivity contribution in [2.45, 2.75) is 91.8 Å². The Balaban J connectivity index is 2.13. The predicted octanol–water partition coefficient (Wildman–Crippen LogP) is 7.34. The summed E-state index contributed by atoms with van der Waals surface area (Å²) >= 11 is 0. The van der Waals surface area contributed by atoms with Gasteiger partial charge in [-0.1, -0.05) is 79.2 Å². The number of aromatic hydroxyl groups is 1. The van der Waals surface area contributed by atoms with E-state index >= 15 is 0 Å². The van der Waals surface area contributed by atoms with Gasteiger partial charge in [0.1, 0.15) is 5.75 Å². The largest absolute Gasteiger partial charge is 0.508 e. The second-order valence-corrected chi connectivity index (χ2v) is 14.4. The molecule has 3 rings (SSSR count). The van der Waals surface area contributed by atoms with Crippen molar-refractivity contribution in [1.82, 2.24) is 0 Å². The zero-order valence-corrected chi connectivity index (χ0v) is 21.2. The highest BCUT2D eigenvalue weighted by Crippen LogP contribution is 2.40. The molecule has 1 aliphatic rings. The summed E-state index contributed by atoms with van der Waals surface area (Å²) in [6.45, 7) is 16.0. The van der Waals surface area contributed by atoms with E-state index in [1.165, 1.54) is 23.6 Å². The Kier molecular flexibility index (Phi) is 7.35. The lowest BCUT2D eigenvalue weighted by atomic mass is 9.75. The zero-order valence-electron chi connectivity index (χ0n) is 20.2. The molecule has 0 aromatic heterocycles. The Bertz CT molecular complexity index is 853. The van der Waals surface area contributed by atoms with Crippen molar-refractivity contribution in [3.05, 3.63) is 35.9 Å². The molecule has 1 fully saturated rings. The van der Waals surface area contributed by atoms with Gasteiger partial charge in [-0.15, -0.1) is 0 Å². The van der Waals surface area contributed by atoms with Crippen LogP contribution in [0.5, 0.6) is 5.75 Å². The molecule has 1 aliphatic carbocycles. The Labute approximate surface area is 185 Å². The Morgan fingerprint density at radius 2 is 1.73 bits per heavy atom. The molecule has 1 N–H and O–H groups in total. The summed E-state index contributed by atoms with van der Waals surface area (Å²) in [5.41, 5.74) is 1.09. The lowest BCUT2D eigenvalue weighted by molar-refractivity contribution is 0.0397. The lowest BCUT2D eigenvalue weighted by Crippen LogP contribution is -2.54. The summed E-state index contributed by atoms with van der Waals surface area (Å²) in [5, 5.41) is 15.1. The molecule has 1 saturated carbocycles. The molecule has 0 radical (unpaired) electrons. The zero-order chi connectivity index (χ0) is 22.1. The normalized spacial score (nSPS) is 22.9. The third kappa shape index (κ3) is 4.34. The van der Waals surface area contributed by atoms with Crippen LogP contribution in [0.1, 0.15) is 79.2 Å². The van der Waals surface area contributed by atoms with Gasteiger partial charge in [-0.3, -0.25) is 0 Å². The molecule has 2 aromatic rings. The first-order valence-electron chi connectivity index (χ1n) is 12.2. The van der Waals surface area contributed by atoms with Crippen molar-refractivity contribution in [3.63, 3.8) is 0 Å². The summed E-state index contributed by atoms with van der Waals surface area (Å²) in [6.07, 6.45) is 4.05. The van der Waals surface area contributed by atoms with E-state index in [9.17, 15) is 5.11 Å². The van der Waals surface area contributed by atoms with E-state index in [0.29, 0.717) is 23.7 Å². The fourth-order valence-electron chi connectivity index (χ4n) is 5.70. The predicted molar refractivity (Wildman–Crippen MR) is 132 cm³/mol. The Morgan fingerprint density at radius 3 is 2.33 bits per heavy atom. The van der Waals surface area contributed by atoms with Gasteiger partial charge >= 0.3 is 0 Å². The lowest BCUT2D eigenvalue weighted by Gasteiger charge is -2.43. The smallest absolute Gasteiger partial charge is 0.227 e. The first kappa shape index (κ1) is 23.3. The van der Waals surface area contributed by atoms with Gasteiger partial charge < -0.3 is 9.53 Å². The minimum absolute atomic E-state index is 0.272. The van der Waals surface area contributed by atoms with E-state index < -0.39 is 8.32 Å². The number of hydrogen-bond acceptors (Lipinski definition) is 2. The quantitative estimate of drug-likeness (QED) is 0.469. The second-order valence-electron chi connectivity index (χ2n) is 10.2. The summed E-state index contributed by atoms with van der Waals surface area (Å²) in [6, 6.07) is 12.8. The molecule has 0 aliphatic heterocycles. The summed E-state index contributed by atoms with van der Waals surface area (Å²) < 4.78 is 7.25. The second kappa shape index (κ2) is 9.44. The molecular weight excluding hydrogens is 384 g/mol. The SMILES string of the molecule is CC[Si](CC)(O[C@@H]1C[C@H](C)CC[C@H]1C(C)C)c1cc2ccccc2c(C(C)C)c1O. The van der Waals surface area contributed by atoms with E-state index in [-0.39, 0.29) is 5.92 Å². The van der Waals surface area contributed by atoms with Gasteiger partial charge in [-0.2, -0.15) is 0 Å². The molecule has 0 heterocycles. The summed E-state index contributed by atoms with van der Waals surface area (Å²) in [5.74, 6) is 2.76. The van der Waals surface area contributed by atoms with E-state index in [0.717, 1.165) is 35.2 Å². The van der Waals surface area contributed by atoms with E-state index in [2.05, 4.69) is 78.8 Å². The highest BCUT2D eigenvalue weighted by atomic mass is 28.4. The van der Waals surface area contributed by atoms with Crippen molar-refractivity contribution in [1.29, 1.82) is 0 Å². The number of phenolic OH excluding ortho intramolecular Hbond substituents is 1. The monoisotopic (exact) mass is 426 g/mol. The van der Waals surface area contributed by atoms with Crippen LogP contribution in [0, 0.1) is 17.8 Å². The van der Waals surface area contributed by atoms with Crippen molar-refractivity contribution >= 4 is 24.3 Å². The average molecular weight is 427 g/mol. The maximum atomic E-state index is 11.6. The van der Waals surface area contributed by atoms with Gasteiger partial charge in [0.05, 0.1) is 0 Å². The van der Waals surface area contributed by atoms with E-state index in [1.54, 1.807) is 0 Å². The first-order valence-corrected chi connectivity index (χ1v) is 14.5. The van der Waals surface area contributed by atoms with Crippen LogP contribution in [0.25, 0.3) is 10.8 Å². The molecule has 0 spiro atoms. The van der Waals surface area contributed by atoms with Crippen molar-refractivity contribution < 1.29 is 9.53 Å². The Morgan fingerprint density at radius 1 is 1.07 bits per heavy atom. The first-order chi connectivity index (χ1) is 14.2. The van der Waals surface area contributed by atoms with Crippen molar-refractivity contribution in [2.24, 2.45) is 17.8 Å². The highest BCUT2D eigenvalue weighted by molar-refractivity contribution is 6.87. The van der Waals surface area contributed by atoms with E-state index in [1.807, 2.05) is 0 Å². The molecule has 0 amide bonds. The van der Waals surface area contributed by atoms with Crippen LogP contribution < -0.4 is 5.19 Å². The number of hydrogen-bond donors (Lipinski definition) is 1. The van der Waals surface area contributed by atoms with Gasteiger partial charge in [-0.25, -0.2) is 0 Å². The third-order valence-corrected chi connectivity index (χ3v) is 12.0. The summed E-state index contributed by atoms with van der Waals surface area (Å²) in [7, 11) is -2.31. The van der Waals surface area contributed by atoms with Crippen molar-refractivity contribution in [3.8, 4) is 5.75 Å². The number of benzene rings is 2. The fraction of sp³-hybridized carbons (Fsp3) is 0.630. The Hall–Kier alpha value is -1.32. The minimum atomic E-state index is -2.31. The average Bonchev–Trinajstić information content (AvgIpc) is 2.71. The number of rotatable bonds is 7. The molecule has 0 bridgehead atoms. The minimum Gasteiger partial charge on any atom is -0.508 e. The van der Waals surface area contributed by atoms with Gasteiger partial charge in [0.15, 0.2) is 0 Å². The van der Waals surface area contributed by atoms with E-state index in [4.69, 9.17) is 4.43 Å². The van der Waals surface area contributed by atoms with Crippen LogP contribution in [-0.2, 0) is 4.43 Å². The maximum absolute atomic E-state index is 11.6. The number of fused-ring (bicyclic) bond motifs is 1. The van der Waals surface area contributed by atoms with Crippen LogP contribution >= 0.6 is 0 Å². The highest BCUT2D eigenvalue weighted by Gasteiger charge is 2.43. The summed E-state index contributed by atoms with van der Waals surface area (Å²) in [4.78, 5) is 0. The topological polar surface area (TPSA) is 29.5 Å². The molecule has 30 heavy (non-hydrogen) atoms. The van der Waals surface area contributed by atoms with Gasteiger partial charge in [0.2, 0.25) is 8.32 Å². The van der Waals surface area contributed by atoms with Crippen LogP contribution in [0.2, 0.25) is 12.1 Å². The van der Waals surface area contributed by atoms with Crippen LogP contribution in [0.15, 0.2) is 30.3 Å². The van der Waals surface area contributed by atoms with Crippen molar-refractivity contribution in [2.75, 3.05) is 0 Å². The van der Waals surface area contributed by atoms with Crippen LogP contribution in [0.4, 0.5) is 0 Å². The third-order valence-electron chi connectivity index (χ3n) is 7.61. The molecule has 3 atom stereocenters. The molecule has 0 saturated heterocycles. The van der Waals surface area contributed by atoms with Crippen LogP contribution in [-0.4, -0.2) is 19.5 Å². The molecule has 2 aromatic carbocycles. The van der Waals surface area contributed by atoms with Gasteiger partial charge in [-0.05, 0) is 65.4 Å². The standard InChI is InChI=1S/C27H42O2Si/c1-8-30(9-2,29-24-16-20(7)14-15-22(24)18(3)4)25-17-21-12-10-11-13-23(21)26(19(5)6)27(25)28/h10-13,17-20,22,24,28H,8-9,14-16H2,1-7H3/t20-,22+,24-/m1/s1. The maximum Gasteiger partial charge on any atom is 0.227 e. The number of phenols is 1. The van der Waals surface area contributed by atoms with Crippen LogP contribution in [0.3, 0.4) is 0 Å². The molecule has 2 nitrogen and oxygen atoms in total. The molecule has 0 unspecified atom stereocenters. The molecular formula is C27H42O2Si. The van der Waals surface area contributed by atoms with Gasteiger partial charge in [0.25, 0.3) is 0 Å².